The Kier molecular flexibility index (Phi) is 27.4. The predicted octanol–water partition coefficient (Wildman–Crippen LogP) is -4.54. The van der Waals surface area contributed by atoms with E-state index in [1.807, 2.05) is 0 Å². The third-order valence-electron chi connectivity index (χ3n) is 1.44. The zero-order valence-electron chi connectivity index (χ0n) is 11.7. The van der Waals surface area contributed by atoms with E-state index in [1.54, 1.807) is 0 Å². The summed E-state index contributed by atoms with van der Waals surface area (Å²) in [6.45, 7) is 6.67. The number of nitrogens with two attached hydrogens (primary N) is 4. The number of rotatable bonds is 6. The third kappa shape index (κ3) is 36.0. The van der Waals surface area contributed by atoms with Crippen molar-refractivity contribution in [2.75, 3.05) is 6.54 Å². The summed E-state index contributed by atoms with van der Waals surface area (Å²) in [7, 11) is 0. The van der Waals surface area contributed by atoms with Crippen LogP contribution in [0.5, 0.6) is 0 Å². The topological polar surface area (TPSA) is 176 Å². The van der Waals surface area contributed by atoms with E-state index in [4.69, 9.17) is 16.6 Å². The van der Waals surface area contributed by atoms with Gasteiger partial charge in [-0.1, -0.05) is 13.2 Å². The summed E-state index contributed by atoms with van der Waals surface area (Å²) in [4.78, 5) is 29.0. The van der Waals surface area contributed by atoms with E-state index in [-0.39, 0.29) is 29.6 Å². The Bertz CT molecular complexity index is 293. The van der Waals surface area contributed by atoms with Crippen LogP contribution in [0.15, 0.2) is 25.3 Å². The van der Waals surface area contributed by atoms with E-state index in [9.17, 15) is 14.4 Å². The SMILES string of the molecule is C=CC(N)=O.C=CC(N)=O.NCCCC(N)C(=O)O.[Na+]. The van der Waals surface area contributed by atoms with Crippen LogP contribution in [0, 0.1) is 0 Å². The fourth-order valence-electron chi connectivity index (χ4n) is 0.461. The molecule has 0 aromatic heterocycles. The summed E-state index contributed by atoms with van der Waals surface area (Å²) in [6.07, 6.45) is 3.25. The molecule has 0 rings (SSSR count). The maximum Gasteiger partial charge on any atom is 1.00 e. The van der Waals surface area contributed by atoms with Crippen LogP contribution in [0.4, 0.5) is 0 Å². The van der Waals surface area contributed by atoms with Crippen molar-refractivity contribution in [3.05, 3.63) is 25.3 Å². The Morgan fingerprint density at radius 1 is 1.10 bits per heavy atom. The van der Waals surface area contributed by atoms with Crippen LogP contribution in [0.25, 0.3) is 0 Å². The first-order chi connectivity index (χ1) is 8.72. The molecule has 0 aromatic rings. The molecule has 0 saturated carbocycles. The zero-order valence-corrected chi connectivity index (χ0v) is 13.7. The second kappa shape index (κ2) is 20.1. The maximum absolute atomic E-state index is 10.0. The van der Waals surface area contributed by atoms with Gasteiger partial charge in [-0.2, -0.15) is 0 Å². The molecular formula is C11H22N4NaO4+. The number of hydrogen-bond donors (Lipinski definition) is 5. The van der Waals surface area contributed by atoms with Gasteiger partial charge in [-0.3, -0.25) is 14.4 Å². The van der Waals surface area contributed by atoms with Crippen LogP contribution >= 0.6 is 0 Å². The molecule has 0 spiro atoms. The van der Waals surface area contributed by atoms with Crippen LogP contribution in [-0.2, 0) is 14.4 Å². The van der Waals surface area contributed by atoms with E-state index in [2.05, 4.69) is 24.6 Å². The van der Waals surface area contributed by atoms with Crippen molar-refractivity contribution in [3.8, 4) is 0 Å². The minimum absolute atomic E-state index is 0. The third-order valence-corrected chi connectivity index (χ3v) is 1.44. The molecule has 0 heterocycles. The molecule has 0 aliphatic carbocycles. The first kappa shape index (κ1) is 27.2. The van der Waals surface area contributed by atoms with E-state index < -0.39 is 23.8 Å². The van der Waals surface area contributed by atoms with Crippen LogP contribution in [0.1, 0.15) is 12.8 Å². The van der Waals surface area contributed by atoms with Gasteiger partial charge in [0.1, 0.15) is 6.04 Å². The minimum Gasteiger partial charge on any atom is -0.480 e. The van der Waals surface area contributed by atoms with Gasteiger partial charge in [0.05, 0.1) is 0 Å². The number of primary amides is 2. The molecule has 1 unspecified atom stereocenters. The van der Waals surface area contributed by atoms with Crippen LogP contribution in [-0.4, -0.2) is 35.5 Å². The van der Waals surface area contributed by atoms with Gasteiger partial charge < -0.3 is 28.0 Å². The summed E-state index contributed by atoms with van der Waals surface area (Å²) in [5.41, 5.74) is 19.3. The molecule has 110 valence electrons. The van der Waals surface area contributed by atoms with E-state index in [1.165, 1.54) is 0 Å². The molecule has 9 N–H and O–H groups in total. The molecule has 0 saturated heterocycles. The van der Waals surface area contributed by atoms with Gasteiger partial charge in [-0.15, -0.1) is 0 Å². The van der Waals surface area contributed by atoms with Gasteiger partial charge in [0, 0.05) is 0 Å². The zero-order chi connectivity index (χ0) is 15.8. The predicted molar refractivity (Wildman–Crippen MR) is 72.7 cm³/mol. The van der Waals surface area contributed by atoms with E-state index in [0.717, 1.165) is 12.2 Å². The van der Waals surface area contributed by atoms with Crippen molar-refractivity contribution >= 4 is 17.8 Å². The number of carbonyl (C=O) groups excluding carboxylic acids is 2. The van der Waals surface area contributed by atoms with Crippen LogP contribution in [0.2, 0.25) is 0 Å². The molecular weight excluding hydrogens is 275 g/mol. The summed E-state index contributed by atoms with van der Waals surface area (Å²) in [6, 6.07) is -0.742. The van der Waals surface area contributed by atoms with Gasteiger partial charge in [0.15, 0.2) is 0 Å². The molecule has 8 nitrogen and oxygen atoms in total. The minimum atomic E-state index is -0.955. The fourth-order valence-corrected chi connectivity index (χ4v) is 0.461. The van der Waals surface area contributed by atoms with Crippen molar-refractivity contribution in [2.45, 2.75) is 18.9 Å². The summed E-state index contributed by atoms with van der Waals surface area (Å²) in [5, 5.41) is 8.24. The monoisotopic (exact) mass is 297 g/mol. The molecule has 0 aliphatic rings. The van der Waals surface area contributed by atoms with Crippen molar-refractivity contribution in [1.82, 2.24) is 0 Å². The average Bonchev–Trinajstić information content (AvgIpc) is 2.36. The molecule has 0 aromatic carbocycles. The number of carboxylic acids is 1. The molecule has 0 aliphatic heterocycles. The Balaban J connectivity index is -0.000000101. The Morgan fingerprint density at radius 2 is 1.40 bits per heavy atom. The van der Waals surface area contributed by atoms with Gasteiger partial charge in [-0.25, -0.2) is 0 Å². The molecule has 0 fully saturated rings. The molecule has 20 heavy (non-hydrogen) atoms. The largest absolute Gasteiger partial charge is 1.00 e. The second-order valence-electron chi connectivity index (χ2n) is 3.09. The van der Waals surface area contributed by atoms with E-state index >= 15 is 0 Å². The first-order valence-corrected chi connectivity index (χ1v) is 5.25. The van der Waals surface area contributed by atoms with E-state index in [0.29, 0.717) is 19.4 Å². The number of carbonyl (C=O) groups is 3. The normalized spacial score (nSPS) is 9.10. The number of hydrogen-bond acceptors (Lipinski definition) is 5. The molecule has 0 radical (unpaired) electrons. The number of amides is 2. The quantitative estimate of drug-likeness (QED) is 0.243. The second-order valence-corrected chi connectivity index (χ2v) is 3.09. The summed E-state index contributed by atoms with van der Waals surface area (Å²) in [5.74, 6) is -1.92. The van der Waals surface area contributed by atoms with Crippen molar-refractivity contribution in [2.24, 2.45) is 22.9 Å². The van der Waals surface area contributed by atoms with Crippen molar-refractivity contribution < 1.29 is 49.0 Å². The van der Waals surface area contributed by atoms with Gasteiger partial charge in [-0.05, 0) is 31.5 Å². The van der Waals surface area contributed by atoms with Crippen LogP contribution < -0.4 is 52.5 Å². The smallest absolute Gasteiger partial charge is 0.480 e. The summed E-state index contributed by atoms with van der Waals surface area (Å²) < 4.78 is 0. The van der Waals surface area contributed by atoms with Crippen molar-refractivity contribution in [3.63, 3.8) is 0 Å². The molecule has 1 atom stereocenters. The Morgan fingerprint density at radius 3 is 1.55 bits per heavy atom. The average molecular weight is 297 g/mol. The fraction of sp³-hybridized carbons (Fsp3) is 0.364. The summed E-state index contributed by atoms with van der Waals surface area (Å²) >= 11 is 0. The Hall–Kier alpha value is -1.19. The Labute approximate surface area is 140 Å². The standard InChI is InChI=1S/C5H12N2O2.2C3H5NO.Na/c6-3-1-2-4(7)5(8)9;2*1-2-3(4)5;/h4H,1-3,6-7H2,(H,8,9);2*2H,1H2,(H2,4,5);/q;;;+1. The maximum atomic E-state index is 10.0. The van der Waals surface area contributed by atoms with Crippen LogP contribution in [0.3, 0.4) is 0 Å². The molecule has 9 heteroatoms. The van der Waals surface area contributed by atoms with Crippen molar-refractivity contribution in [1.29, 1.82) is 0 Å². The van der Waals surface area contributed by atoms with Gasteiger partial charge in [0.25, 0.3) is 0 Å². The number of carboxylic acid groups (broad SMARTS) is 1. The van der Waals surface area contributed by atoms with Gasteiger partial charge >= 0.3 is 35.5 Å². The number of aliphatic carboxylic acids is 1. The molecule has 0 bridgehead atoms. The molecule has 2 amide bonds. The first-order valence-electron chi connectivity index (χ1n) is 5.25. The van der Waals surface area contributed by atoms with Gasteiger partial charge in [0.2, 0.25) is 11.8 Å².